The zero-order valence-corrected chi connectivity index (χ0v) is 14.4. The molecule has 0 radical (unpaired) electrons. The largest absolute Gasteiger partial charge is 0.482 e. The van der Waals surface area contributed by atoms with Crippen molar-refractivity contribution in [2.75, 3.05) is 6.61 Å². The molecule has 0 fully saturated rings. The van der Waals surface area contributed by atoms with Crippen LogP contribution < -0.4 is 9.47 Å². The van der Waals surface area contributed by atoms with E-state index in [-0.39, 0.29) is 6.61 Å². The Morgan fingerprint density at radius 1 is 0.800 bits per heavy atom. The summed E-state index contributed by atoms with van der Waals surface area (Å²) in [5.41, 5.74) is 4.40. The quantitative estimate of drug-likeness (QED) is 0.489. The fraction of sp³-hybridized carbons (Fsp3) is 0.136. The zero-order chi connectivity index (χ0) is 17.6. The van der Waals surface area contributed by atoms with Gasteiger partial charge in [-0.2, -0.15) is 0 Å². The van der Waals surface area contributed by atoms with Crippen molar-refractivity contribution in [2.45, 2.75) is 13.8 Å². The number of carbonyl (C=O) groups excluding carboxylic acids is 1. The number of esters is 1. The van der Waals surface area contributed by atoms with E-state index in [0.29, 0.717) is 11.5 Å². The SMILES string of the molecule is Cc1ccc(-c2ccc(OCC(=O)Oc3ccccc3C)cc2)cc1. The molecule has 25 heavy (non-hydrogen) atoms. The van der Waals surface area contributed by atoms with Gasteiger partial charge in [0.2, 0.25) is 0 Å². The second-order valence-electron chi connectivity index (χ2n) is 5.92. The fourth-order valence-electron chi connectivity index (χ4n) is 2.45. The molecule has 3 nitrogen and oxygen atoms in total. The van der Waals surface area contributed by atoms with Crippen LogP contribution in [-0.4, -0.2) is 12.6 Å². The van der Waals surface area contributed by atoms with Crippen LogP contribution in [0.15, 0.2) is 72.8 Å². The molecule has 3 heteroatoms. The lowest BCUT2D eigenvalue weighted by Crippen LogP contribution is -2.18. The maximum atomic E-state index is 11.9. The summed E-state index contributed by atoms with van der Waals surface area (Å²) in [7, 11) is 0. The van der Waals surface area contributed by atoms with E-state index in [2.05, 4.69) is 31.2 Å². The van der Waals surface area contributed by atoms with Crippen LogP contribution in [0.25, 0.3) is 11.1 Å². The Morgan fingerprint density at radius 3 is 2.04 bits per heavy atom. The van der Waals surface area contributed by atoms with E-state index in [0.717, 1.165) is 16.7 Å². The molecule has 0 heterocycles. The molecule has 0 N–H and O–H groups in total. The highest BCUT2D eigenvalue weighted by atomic mass is 16.6. The van der Waals surface area contributed by atoms with Gasteiger partial charge in [-0.15, -0.1) is 0 Å². The van der Waals surface area contributed by atoms with Crippen LogP contribution in [0.4, 0.5) is 0 Å². The predicted octanol–water partition coefficient (Wildman–Crippen LogP) is 4.95. The molecule has 0 saturated carbocycles. The van der Waals surface area contributed by atoms with E-state index in [1.807, 2.05) is 49.4 Å². The van der Waals surface area contributed by atoms with Gasteiger partial charge in [0.05, 0.1) is 0 Å². The average molecular weight is 332 g/mol. The lowest BCUT2D eigenvalue weighted by molar-refractivity contribution is -0.136. The topological polar surface area (TPSA) is 35.5 Å². The number of ether oxygens (including phenoxy) is 2. The van der Waals surface area contributed by atoms with Gasteiger partial charge in [0.15, 0.2) is 6.61 Å². The molecule has 126 valence electrons. The summed E-state index contributed by atoms with van der Waals surface area (Å²) in [4.78, 5) is 11.9. The second-order valence-corrected chi connectivity index (χ2v) is 5.92. The maximum absolute atomic E-state index is 11.9. The lowest BCUT2D eigenvalue weighted by atomic mass is 10.0. The van der Waals surface area contributed by atoms with Gasteiger partial charge in [0.25, 0.3) is 0 Å². The van der Waals surface area contributed by atoms with E-state index >= 15 is 0 Å². The van der Waals surface area contributed by atoms with Gasteiger partial charge in [-0.3, -0.25) is 0 Å². The first kappa shape index (κ1) is 16.8. The molecule has 0 spiro atoms. The minimum absolute atomic E-state index is 0.127. The standard InChI is InChI=1S/C22H20O3/c1-16-7-9-18(10-8-16)19-11-13-20(14-12-19)24-15-22(23)25-21-6-4-3-5-17(21)2/h3-14H,15H2,1-2H3. The smallest absolute Gasteiger partial charge is 0.349 e. The number of hydrogen-bond donors (Lipinski definition) is 0. The third-order valence-electron chi connectivity index (χ3n) is 3.91. The van der Waals surface area contributed by atoms with Crippen LogP contribution in [0.1, 0.15) is 11.1 Å². The molecule has 0 bridgehead atoms. The summed E-state index contributed by atoms with van der Waals surface area (Å²) in [5.74, 6) is 0.778. The Morgan fingerprint density at radius 2 is 1.40 bits per heavy atom. The highest BCUT2D eigenvalue weighted by Crippen LogP contribution is 2.23. The second kappa shape index (κ2) is 7.67. The normalized spacial score (nSPS) is 10.3. The van der Waals surface area contributed by atoms with Gasteiger partial charge < -0.3 is 9.47 Å². The minimum Gasteiger partial charge on any atom is -0.482 e. The van der Waals surface area contributed by atoms with Crippen LogP contribution in [0.5, 0.6) is 11.5 Å². The molecule has 3 aromatic carbocycles. The first-order chi connectivity index (χ1) is 12.1. The molecule has 3 rings (SSSR count). The molecule has 0 unspecified atom stereocenters. The van der Waals surface area contributed by atoms with Crippen molar-refractivity contribution in [3.8, 4) is 22.6 Å². The molecule has 0 aliphatic heterocycles. The number of hydrogen-bond acceptors (Lipinski definition) is 3. The van der Waals surface area contributed by atoms with Crippen molar-refractivity contribution in [1.29, 1.82) is 0 Å². The van der Waals surface area contributed by atoms with E-state index in [1.54, 1.807) is 6.07 Å². The van der Waals surface area contributed by atoms with Gasteiger partial charge in [0, 0.05) is 0 Å². The van der Waals surface area contributed by atoms with Crippen LogP contribution >= 0.6 is 0 Å². The van der Waals surface area contributed by atoms with E-state index < -0.39 is 5.97 Å². The van der Waals surface area contributed by atoms with Crippen LogP contribution in [-0.2, 0) is 4.79 Å². The van der Waals surface area contributed by atoms with Crippen LogP contribution in [0, 0.1) is 13.8 Å². The van der Waals surface area contributed by atoms with E-state index in [4.69, 9.17) is 9.47 Å². The zero-order valence-electron chi connectivity index (χ0n) is 14.4. The third kappa shape index (κ3) is 4.48. The molecular weight excluding hydrogens is 312 g/mol. The van der Waals surface area contributed by atoms with Crippen molar-refractivity contribution in [1.82, 2.24) is 0 Å². The maximum Gasteiger partial charge on any atom is 0.349 e. The first-order valence-electron chi connectivity index (χ1n) is 8.18. The molecule has 0 aliphatic carbocycles. The fourth-order valence-corrected chi connectivity index (χ4v) is 2.45. The molecule has 3 aromatic rings. The summed E-state index contributed by atoms with van der Waals surface area (Å²) in [6.07, 6.45) is 0. The molecule has 0 aromatic heterocycles. The lowest BCUT2D eigenvalue weighted by Gasteiger charge is -2.09. The average Bonchev–Trinajstić information content (AvgIpc) is 2.63. The van der Waals surface area contributed by atoms with Gasteiger partial charge >= 0.3 is 5.97 Å². The van der Waals surface area contributed by atoms with Crippen molar-refractivity contribution < 1.29 is 14.3 Å². The number of aryl methyl sites for hydroxylation is 2. The Labute approximate surface area is 147 Å². The number of benzene rings is 3. The minimum atomic E-state index is -0.420. The Balaban J connectivity index is 1.57. The Kier molecular flexibility index (Phi) is 5.14. The summed E-state index contributed by atoms with van der Waals surface area (Å²) in [6, 6.07) is 23.4. The van der Waals surface area contributed by atoms with Gasteiger partial charge in [-0.1, -0.05) is 60.2 Å². The third-order valence-corrected chi connectivity index (χ3v) is 3.91. The van der Waals surface area contributed by atoms with Gasteiger partial charge in [-0.05, 0) is 48.7 Å². The van der Waals surface area contributed by atoms with Gasteiger partial charge in [0.1, 0.15) is 11.5 Å². The molecular formula is C22H20O3. The summed E-state index contributed by atoms with van der Waals surface area (Å²) >= 11 is 0. The van der Waals surface area contributed by atoms with Crippen molar-refractivity contribution in [3.05, 3.63) is 83.9 Å². The Hall–Kier alpha value is -3.07. The number of rotatable bonds is 5. The number of carbonyl (C=O) groups is 1. The highest BCUT2D eigenvalue weighted by Gasteiger charge is 2.08. The monoisotopic (exact) mass is 332 g/mol. The summed E-state index contributed by atoms with van der Waals surface area (Å²) in [6.45, 7) is 3.84. The molecule has 0 aliphatic rings. The van der Waals surface area contributed by atoms with E-state index in [9.17, 15) is 4.79 Å². The molecule has 0 amide bonds. The van der Waals surface area contributed by atoms with E-state index in [1.165, 1.54) is 5.56 Å². The summed E-state index contributed by atoms with van der Waals surface area (Å²) in [5, 5.41) is 0. The van der Waals surface area contributed by atoms with Crippen LogP contribution in [0.3, 0.4) is 0 Å². The van der Waals surface area contributed by atoms with Crippen molar-refractivity contribution >= 4 is 5.97 Å². The van der Waals surface area contributed by atoms with Crippen molar-refractivity contribution in [2.24, 2.45) is 0 Å². The molecule has 0 atom stereocenters. The summed E-state index contributed by atoms with van der Waals surface area (Å²) < 4.78 is 10.8. The molecule has 0 saturated heterocycles. The number of para-hydroxylation sites is 1. The van der Waals surface area contributed by atoms with Crippen LogP contribution in [0.2, 0.25) is 0 Å². The predicted molar refractivity (Wildman–Crippen MR) is 98.9 cm³/mol. The Bertz CT molecular complexity index is 849. The first-order valence-corrected chi connectivity index (χ1v) is 8.18. The highest BCUT2D eigenvalue weighted by molar-refractivity contribution is 5.74. The van der Waals surface area contributed by atoms with Crippen molar-refractivity contribution in [3.63, 3.8) is 0 Å². The van der Waals surface area contributed by atoms with Gasteiger partial charge in [-0.25, -0.2) is 4.79 Å².